The highest BCUT2D eigenvalue weighted by Gasteiger charge is 1.95. The van der Waals surface area contributed by atoms with Gasteiger partial charge in [0.15, 0.2) is 0 Å². The number of hydrogen-bond donors (Lipinski definition) is 0. The second-order valence-corrected chi connectivity index (χ2v) is 1.42. The van der Waals surface area contributed by atoms with Crippen molar-refractivity contribution in [2.75, 3.05) is 13.2 Å². The van der Waals surface area contributed by atoms with Gasteiger partial charge in [0.1, 0.15) is 13.2 Å². The molecule has 0 saturated carbocycles. The molecule has 0 unspecified atom stereocenters. The summed E-state index contributed by atoms with van der Waals surface area (Å²) in [5.41, 5.74) is 0. The molecule has 10 heavy (non-hydrogen) atoms. The maximum atomic E-state index is 9.75. The van der Waals surface area contributed by atoms with Crippen molar-refractivity contribution in [1.82, 2.24) is 0 Å². The molecule has 4 heteroatoms. The maximum Gasteiger partial charge on any atom is 0.307 e. The molecular weight excluding hydrogens is 136 g/mol. The van der Waals surface area contributed by atoms with E-state index in [-0.39, 0.29) is 5.97 Å². The van der Waals surface area contributed by atoms with Gasteiger partial charge in [-0.15, -0.1) is 0 Å². The highest BCUT2D eigenvalue weighted by atomic mass is 17.2. The molecule has 0 N–H and O–H groups in total. The van der Waals surface area contributed by atoms with Crippen LogP contribution in [0.3, 0.4) is 0 Å². The van der Waals surface area contributed by atoms with Gasteiger partial charge in [0, 0.05) is 6.92 Å². The van der Waals surface area contributed by atoms with Crippen LogP contribution >= 0.6 is 0 Å². The van der Waals surface area contributed by atoms with E-state index in [9.17, 15) is 4.79 Å². The number of esters is 1. The van der Waals surface area contributed by atoms with Gasteiger partial charge in [-0.1, -0.05) is 6.58 Å². The number of hydrogen-bond acceptors (Lipinski definition) is 4. The first-order valence-corrected chi connectivity index (χ1v) is 2.80. The van der Waals surface area contributed by atoms with Gasteiger partial charge in [-0.25, -0.2) is 9.78 Å². The standard InChI is InChI=1S/C4H6O2.C2H4O2/c1-3-6-4(2)5;1-2-4-3-1/h3H,1H2,2H3;1-2H2. The highest BCUT2D eigenvalue weighted by molar-refractivity contribution is 5.66. The van der Waals surface area contributed by atoms with Crippen LogP contribution in [0.25, 0.3) is 0 Å². The van der Waals surface area contributed by atoms with E-state index in [0.29, 0.717) is 0 Å². The lowest BCUT2D eigenvalue weighted by atomic mass is 10.8. The third kappa shape index (κ3) is 7.13. The van der Waals surface area contributed by atoms with Crippen LogP contribution in [-0.4, -0.2) is 19.2 Å². The average molecular weight is 146 g/mol. The maximum absolute atomic E-state index is 9.75. The first kappa shape index (κ1) is 9.13. The van der Waals surface area contributed by atoms with Crippen LogP contribution in [-0.2, 0) is 19.3 Å². The van der Waals surface area contributed by atoms with Gasteiger partial charge in [0.25, 0.3) is 0 Å². The van der Waals surface area contributed by atoms with Crippen LogP contribution in [0.4, 0.5) is 0 Å². The fourth-order valence-corrected chi connectivity index (χ4v) is 0.201. The molecule has 0 spiro atoms. The van der Waals surface area contributed by atoms with Gasteiger partial charge < -0.3 is 4.74 Å². The van der Waals surface area contributed by atoms with Crippen LogP contribution in [0.15, 0.2) is 12.8 Å². The molecule has 1 aliphatic heterocycles. The predicted octanol–water partition coefficient (Wildman–Crippen LogP) is 0.641. The van der Waals surface area contributed by atoms with Crippen LogP contribution in [0.5, 0.6) is 0 Å². The molecule has 58 valence electrons. The summed E-state index contributed by atoms with van der Waals surface area (Å²) in [6.07, 6.45) is 1.10. The molecule has 0 radical (unpaired) electrons. The quantitative estimate of drug-likeness (QED) is 0.309. The summed E-state index contributed by atoms with van der Waals surface area (Å²) < 4.78 is 4.17. The fraction of sp³-hybridized carbons (Fsp3) is 0.500. The Bertz CT molecular complexity index is 102. The van der Waals surface area contributed by atoms with E-state index in [2.05, 4.69) is 21.1 Å². The summed E-state index contributed by atoms with van der Waals surface area (Å²) in [6.45, 7) is 6.03. The van der Waals surface area contributed by atoms with Crippen molar-refractivity contribution in [1.29, 1.82) is 0 Å². The number of rotatable bonds is 1. The molecule has 0 aromatic carbocycles. The van der Waals surface area contributed by atoms with Crippen molar-refractivity contribution in [2.45, 2.75) is 6.92 Å². The molecule has 1 aliphatic rings. The lowest BCUT2D eigenvalue weighted by Gasteiger charge is -2.08. The molecule has 0 aromatic rings. The van der Waals surface area contributed by atoms with Gasteiger partial charge in [-0.05, 0) is 0 Å². The van der Waals surface area contributed by atoms with Crippen molar-refractivity contribution in [3.8, 4) is 0 Å². The highest BCUT2D eigenvalue weighted by Crippen LogP contribution is 1.87. The SMILES string of the molecule is C1COO1.C=COC(C)=O. The lowest BCUT2D eigenvalue weighted by molar-refractivity contribution is -0.382. The van der Waals surface area contributed by atoms with Crippen LogP contribution in [0.2, 0.25) is 0 Å². The van der Waals surface area contributed by atoms with Gasteiger partial charge in [-0.3, -0.25) is 4.79 Å². The molecule has 4 nitrogen and oxygen atoms in total. The first-order valence-electron chi connectivity index (χ1n) is 2.80. The summed E-state index contributed by atoms with van der Waals surface area (Å²) in [5.74, 6) is -0.329. The molecule has 1 rings (SSSR count). The van der Waals surface area contributed by atoms with E-state index in [1.807, 2.05) is 0 Å². The second kappa shape index (κ2) is 6.25. The van der Waals surface area contributed by atoms with E-state index < -0.39 is 0 Å². The van der Waals surface area contributed by atoms with Gasteiger partial charge >= 0.3 is 5.97 Å². The fourth-order valence-electron chi connectivity index (χ4n) is 0.201. The minimum Gasteiger partial charge on any atom is -0.435 e. The molecule has 1 heterocycles. The summed E-state index contributed by atoms with van der Waals surface area (Å²) in [7, 11) is 0. The minimum absolute atomic E-state index is 0.329. The molecule has 0 aromatic heterocycles. The van der Waals surface area contributed by atoms with Crippen molar-refractivity contribution < 1.29 is 19.3 Å². The summed E-state index contributed by atoms with van der Waals surface area (Å²) in [4.78, 5) is 18.2. The molecule has 0 bridgehead atoms. The summed E-state index contributed by atoms with van der Waals surface area (Å²) in [6, 6.07) is 0. The monoisotopic (exact) mass is 146 g/mol. The first-order chi connectivity index (χ1) is 4.77. The molecule has 1 fully saturated rings. The normalized spacial score (nSPS) is 13.7. The zero-order chi connectivity index (χ0) is 7.82. The zero-order valence-electron chi connectivity index (χ0n) is 5.83. The Labute approximate surface area is 59.3 Å². The molecule has 0 aliphatic carbocycles. The second-order valence-electron chi connectivity index (χ2n) is 1.42. The van der Waals surface area contributed by atoms with Crippen LogP contribution in [0, 0.1) is 0 Å². The largest absolute Gasteiger partial charge is 0.435 e. The number of carbonyl (C=O) groups excluding carboxylic acids is 1. The average Bonchev–Trinajstić information content (AvgIpc) is 1.58. The van der Waals surface area contributed by atoms with Crippen LogP contribution < -0.4 is 0 Å². The summed E-state index contributed by atoms with van der Waals surface area (Å²) in [5, 5.41) is 0. The Hall–Kier alpha value is -0.870. The van der Waals surface area contributed by atoms with Crippen LogP contribution in [0.1, 0.15) is 6.92 Å². The van der Waals surface area contributed by atoms with E-state index in [1.54, 1.807) is 0 Å². The van der Waals surface area contributed by atoms with E-state index in [4.69, 9.17) is 0 Å². The lowest BCUT2D eigenvalue weighted by Crippen LogP contribution is -2.14. The van der Waals surface area contributed by atoms with Gasteiger partial charge in [0.2, 0.25) is 0 Å². The summed E-state index contributed by atoms with van der Waals surface area (Å²) >= 11 is 0. The molecule has 1 saturated heterocycles. The Balaban J connectivity index is 0.000000172. The Morgan fingerprint density at radius 1 is 1.60 bits per heavy atom. The third-order valence-electron chi connectivity index (χ3n) is 0.583. The molecule has 0 amide bonds. The number of ether oxygens (including phenoxy) is 1. The smallest absolute Gasteiger partial charge is 0.307 e. The minimum atomic E-state index is -0.329. The predicted molar refractivity (Wildman–Crippen MR) is 33.9 cm³/mol. The Morgan fingerprint density at radius 3 is 2.00 bits per heavy atom. The van der Waals surface area contributed by atoms with Crippen molar-refractivity contribution >= 4 is 5.97 Å². The van der Waals surface area contributed by atoms with Gasteiger partial charge in [-0.2, -0.15) is 0 Å². The molecule has 0 atom stereocenters. The Morgan fingerprint density at radius 2 is 2.00 bits per heavy atom. The Kier molecular flexibility index (Phi) is 5.71. The number of carbonyl (C=O) groups is 1. The van der Waals surface area contributed by atoms with Crippen molar-refractivity contribution in [2.24, 2.45) is 0 Å². The zero-order valence-corrected chi connectivity index (χ0v) is 5.83. The third-order valence-corrected chi connectivity index (χ3v) is 0.583. The van der Waals surface area contributed by atoms with E-state index in [1.165, 1.54) is 6.92 Å². The van der Waals surface area contributed by atoms with Crippen molar-refractivity contribution in [3.05, 3.63) is 12.8 Å². The van der Waals surface area contributed by atoms with E-state index >= 15 is 0 Å². The van der Waals surface area contributed by atoms with Gasteiger partial charge in [0.05, 0.1) is 6.26 Å². The van der Waals surface area contributed by atoms with Crippen molar-refractivity contribution in [3.63, 3.8) is 0 Å². The van der Waals surface area contributed by atoms with E-state index in [0.717, 1.165) is 19.5 Å². The topological polar surface area (TPSA) is 44.8 Å². The molecular formula is C6H10O4.